The van der Waals surface area contributed by atoms with Gasteiger partial charge in [-0.2, -0.15) is 5.10 Å². The molecule has 0 saturated carbocycles. The highest BCUT2D eigenvalue weighted by Gasteiger charge is 2.19. The summed E-state index contributed by atoms with van der Waals surface area (Å²) in [6.07, 6.45) is 0. The lowest BCUT2D eigenvalue weighted by Crippen LogP contribution is -2.34. The standard InChI is InChI=1S/C10H18N4O2S/c1-6(2)4-11-9(16)7(3)14-8(5-15)12-13-10(14)17/h6-7,15H,4-5H2,1-3H3,(H,11,16)(H,13,17). The Hall–Kier alpha value is -1.21. The van der Waals surface area contributed by atoms with Crippen LogP contribution in [-0.4, -0.2) is 32.3 Å². The average molecular weight is 258 g/mol. The first-order valence-electron chi connectivity index (χ1n) is 5.51. The van der Waals surface area contributed by atoms with Gasteiger partial charge in [-0.1, -0.05) is 13.8 Å². The first-order valence-corrected chi connectivity index (χ1v) is 5.92. The number of carbonyl (C=O) groups is 1. The predicted octanol–water partition coefficient (Wildman–Crippen LogP) is 0.766. The molecule has 96 valence electrons. The molecular weight excluding hydrogens is 240 g/mol. The Morgan fingerprint density at radius 1 is 1.59 bits per heavy atom. The lowest BCUT2D eigenvalue weighted by atomic mass is 10.2. The van der Waals surface area contributed by atoms with Crippen molar-refractivity contribution >= 4 is 18.1 Å². The van der Waals surface area contributed by atoms with E-state index < -0.39 is 6.04 Å². The van der Waals surface area contributed by atoms with E-state index in [1.54, 1.807) is 6.92 Å². The molecule has 0 aromatic carbocycles. The number of aliphatic hydroxyl groups excluding tert-OH is 1. The summed E-state index contributed by atoms with van der Waals surface area (Å²) in [5.74, 6) is 0.619. The second kappa shape index (κ2) is 5.92. The van der Waals surface area contributed by atoms with Crippen molar-refractivity contribution in [2.75, 3.05) is 6.54 Å². The van der Waals surface area contributed by atoms with E-state index in [1.165, 1.54) is 4.57 Å². The molecule has 0 bridgehead atoms. The molecule has 1 unspecified atom stereocenters. The average Bonchev–Trinajstić information content (AvgIpc) is 2.66. The third-order valence-corrected chi connectivity index (χ3v) is 2.66. The van der Waals surface area contributed by atoms with Crippen LogP contribution in [0.1, 0.15) is 32.6 Å². The van der Waals surface area contributed by atoms with Crippen molar-refractivity contribution in [2.45, 2.75) is 33.4 Å². The van der Waals surface area contributed by atoms with Gasteiger partial charge >= 0.3 is 0 Å². The Morgan fingerprint density at radius 2 is 2.24 bits per heavy atom. The van der Waals surface area contributed by atoms with Crippen LogP contribution in [0.3, 0.4) is 0 Å². The first-order chi connectivity index (χ1) is 7.97. The Morgan fingerprint density at radius 3 is 2.76 bits per heavy atom. The molecule has 0 aliphatic carbocycles. The minimum atomic E-state index is -0.484. The minimum absolute atomic E-state index is 0.133. The number of H-pyrrole nitrogens is 1. The predicted molar refractivity (Wildman–Crippen MR) is 65.9 cm³/mol. The molecule has 6 nitrogen and oxygen atoms in total. The molecule has 3 N–H and O–H groups in total. The molecule has 1 rings (SSSR count). The smallest absolute Gasteiger partial charge is 0.242 e. The van der Waals surface area contributed by atoms with Crippen LogP contribution in [0.15, 0.2) is 0 Å². The highest BCUT2D eigenvalue weighted by Crippen LogP contribution is 2.10. The third-order valence-electron chi connectivity index (χ3n) is 2.37. The number of nitrogens with one attached hydrogen (secondary N) is 2. The van der Waals surface area contributed by atoms with E-state index in [4.69, 9.17) is 17.3 Å². The highest BCUT2D eigenvalue weighted by molar-refractivity contribution is 7.71. The number of aliphatic hydroxyl groups is 1. The van der Waals surface area contributed by atoms with Crippen LogP contribution >= 0.6 is 12.2 Å². The fraction of sp³-hybridized carbons (Fsp3) is 0.700. The Labute approximate surface area is 105 Å². The van der Waals surface area contributed by atoms with E-state index in [9.17, 15) is 4.79 Å². The second-order valence-corrected chi connectivity index (χ2v) is 4.67. The van der Waals surface area contributed by atoms with E-state index in [2.05, 4.69) is 15.5 Å². The van der Waals surface area contributed by atoms with E-state index >= 15 is 0 Å². The molecule has 1 amide bonds. The highest BCUT2D eigenvalue weighted by atomic mass is 32.1. The summed E-state index contributed by atoms with van der Waals surface area (Å²) in [4.78, 5) is 11.9. The zero-order valence-corrected chi connectivity index (χ0v) is 11.0. The SMILES string of the molecule is CC(C)CNC(=O)C(C)n1c(CO)n[nH]c1=S. The molecule has 0 spiro atoms. The molecule has 0 saturated heterocycles. The summed E-state index contributed by atoms with van der Waals surface area (Å²) in [6, 6.07) is -0.484. The van der Waals surface area contributed by atoms with Crippen LogP contribution in [0.4, 0.5) is 0 Å². The van der Waals surface area contributed by atoms with Gasteiger partial charge in [0.2, 0.25) is 5.91 Å². The number of aromatic nitrogens is 3. The van der Waals surface area contributed by atoms with Gasteiger partial charge in [0.1, 0.15) is 12.6 Å². The molecule has 0 radical (unpaired) electrons. The number of carbonyl (C=O) groups excluding carboxylic acids is 1. The maximum atomic E-state index is 11.9. The van der Waals surface area contributed by atoms with E-state index in [-0.39, 0.29) is 12.5 Å². The van der Waals surface area contributed by atoms with Crippen molar-refractivity contribution in [1.82, 2.24) is 20.1 Å². The van der Waals surface area contributed by atoms with E-state index in [0.717, 1.165) is 0 Å². The van der Waals surface area contributed by atoms with Crippen molar-refractivity contribution in [3.05, 3.63) is 10.6 Å². The summed E-state index contributed by atoms with van der Waals surface area (Å²) in [6.45, 7) is 6.12. The van der Waals surface area contributed by atoms with Crippen LogP contribution in [0.25, 0.3) is 0 Å². The van der Waals surface area contributed by atoms with Gasteiger partial charge in [-0.25, -0.2) is 0 Å². The number of amides is 1. The van der Waals surface area contributed by atoms with E-state index in [0.29, 0.717) is 23.1 Å². The fourth-order valence-electron chi connectivity index (χ4n) is 1.42. The molecule has 1 atom stereocenters. The number of hydrogen-bond acceptors (Lipinski definition) is 4. The third kappa shape index (κ3) is 3.37. The molecule has 1 aromatic heterocycles. The molecule has 17 heavy (non-hydrogen) atoms. The number of aromatic amines is 1. The minimum Gasteiger partial charge on any atom is -0.388 e. The van der Waals surface area contributed by atoms with Crippen LogP contribution in [0, 0.1) is 10.7 Å². The quantitative estimate of drug-likeness (QED) is 0.681. The largest absolute Gasteiger partial charge is 0.388 e. The number of hydrogen-bond donors (Lipinski definition) is 3. The molecule has 1 aromatic rings. The van der Waals surface area contributed by atoms with Gasteiger partial charge in [0.15, 0.2) is 10.6 Å². The summed E-state index contributed by atoms with van der Waals surface area (Å²) < 4.78 is 1.85. The van der Waals surface area contributed by atoms with Crippen LogP contribution in [0.5, 0.6) is 0 Å². The van der Waals surface area contributed by atoms with Gasteiger partial charge in [0.05, 0.1) is 0 Å². The van der Waals surface area contributed by atoms with Crippen LogP contribution in [0.2, 0.25) is 0 Å². The summed E-state index contributed by atoms with van der Waals surface area (Å²) in [5, 5.41) is 18.3. The zero-order chi connectivity index (χ0) is 13.0. The van der Waals surface area contributed by atoms with Gasteiger partial charge in [0.25, 0.3) is 0 Å². The molecule has 0 aliphatic rings. The molecule has 0 aliphatic heterocycles. The normalized spacial score (nSPS) is 12.8. The Bertz CT molecular complexity index is 438. The monoisotopic (exact) mass is 258 g/mol. The molecule has 1 heterocycles. The summed E-state index contributed by atoms with van der Waals surface area (Å²) in [7, 11) is 0. The Kier molecular flexibility index (Phi) is 4.83. The summed E-state index contributed by atoms with van der Waals surface area (Å²) in [5.41, 5.74) is 0. The van der Waals surface area contributed by atoms with Crippen molar-refractivity contribution < 1.29 is 9.90 Å². The van der Waals surface area contributed by atoms with Crippen molar-refractivity contribution in [2.24, 2.45) is 5.92 Å². The first kappa shape index (κ1) is 13.9. The maximum Gasteiger partial charge on any atom is 0.242 e. The molecular formula is C10H18N4O2S. The van der Waals surface area contributed by atoms with Gasteiger partial charge < -0.3 is 10.4 Å². The lowest BCUT2D eigenvalue weighted by Gasteiger charge is -2.15. The second-order valence-electron chi connectivity index (χ2n) is 4.29. The van der Waals surface area contributed by atoms with Gasteiger partial charge in [-0.05, 0) is 25.1 Å². The maximum absolute atomic E-state index is 11.9. The topological polar surface area (TPSA) is 82.9 Å². The lowest BCUT2D eigenvalue weighted by molar-refractivity contribution is -0.124. The van der Waals surface area contributed by atoms with Crippen LogP contribution < -0.4 is 5.32 Å². The van der Waals surface area contributed by atoms with E-state index in [1.807, 2.05) is 13.8 Å². The number of rotatable bonds is 5. The van der Waals surface area contributed by atoms with Gasteiger partial charge in [-0.3, -0.25) is 14.5 Å². The fourth-order valence-corrected chi connectivity index (χ4v) is 1.73. The van der Waals surface area contributed by atoms with Crippen molar-refractivity contribution in [3.63, 3.8) is 0 Å². The number of nitrogens with zero attached hydrogens (tertiary/aromatic N) is 2. The zero-order valence-electron chi connectivity index (χ0n) is 10.2. The molecule has 0 fully saturated rings. The Balaban J connectivity index is 2.81. The van der Waals surface area contributed by atoms with Gasteiger partial charge in [0, 0.05) is 6.54 Å². The molecule has 7 heteroatoms. The van der Waals surface area contributed by atoms with Crippen LogP contribution in [-0.2, 0) is 11.4 Å². The summed E-state index contributed by atoms with van der Waals surface area (Å²) >= 11 is 5.02. The van der Waals surface area contributed by atoms with Crippen molar-refractivity contribution in [3.8, 4) is 0 Å². The van der Waals surface area contributed by atoms with Crippen molar-refractivity contribution in [1.29, 1.82) is 0 Å². The van der Waals surface area contributed by atoms with Gasteiger partial charge in [-0.15, -0.1) is 0 Å².